The Morgan fingerprint density at radius 2 is 2.06 bits per heavy atom. The molecule has 1 aromatic carbocycles. The Morgan fingerprint density at radius 1 is 1.39 bits per heavy atom. The topological polar surface area (TPSA) is 49.4 Å². The molecule has 4 nitrogen and oxygen atoms in total. The number of nitrogens with zero attached hydrogens (tertiary/aromatic N) is 1. The van der Waals surface area contributed by atoms with E-state index in [0.717, 1.165) is 22.4 Å². The fourth-order valence-electron chi connectivity index (χ4n) is 2.64. The first kappa shape index (κ1) is 12.6. The van der Waals surface area contributed by atoms with Gasteiger partial charge < -0.3 is 10.2 Å². The molecule has 96 valence electrons. The van der Waals surface area contributed by atoms with Crippen LogP contribution in [0.15, 0.2) is 12.1 Å². The number of carbonyl (C=O) groups is 2. The van der Waals surface area contributed by atoms with Gasteiger partial charge in [0.15, 0.2) is 0 Å². The van der Waals surface area contributed by atoms with Crippen LogP contribution in [-0.2, 0) is 9.59 Å². The molecule has 0 unspecified atom stereocenters. The van der Waals surface area contributed by atoms with E-state index in [4.69, 9.17) is 0 Å². The summed E-state index contributed by atoms with van der Waals surface area (Å²) in [4.78, 5) is 25.3. The highest BCUT2D eigenvalue weighted by molar-refractivity contribution is 6.06. The van der Waals surface area contributed by atoms with Crippen molar-refractivity contribution in [2.24, 2.45) is 0 Å². The zero-order valence-corrected chi connectivity index (χ0v) is 11.2. The first-order chi connectivity index (χ1) is 8.45. The van der Waals surface area contributed by atoms with Crippen molar-refractivity contribution in [3.05, 3.63) is 28.8 Å². The van der Waals surface area contributed by atoms with Crippen LogP contribution in [0.5, 0.6) is 0 Å². The van der Waals surface area contributed by atoms with Crippen LogP contribution >= 0.6 is 0 Å². The average Bonchev–Trinajstić information content (AvgIpc) is 2.52. The Balaban J connectivity index is 2.56. The number of benzene rings is 1. The summed E-state index contributed by atoms with van der Waals surface area (Å²) in [6.45, 7) is 7.99. The third-order valence-electron chi connectivity index (χ3n) is 3.23. The maximum Gasteiger partial charge on any atom is 0.254 e. The number of fused-ring (bicyclic) bond motifs is 1. The minimum absolute atomic E-state index is 0.0450. The average molecular weight is 246 g/mol. The Bertz CT molecular complexity index is 523. The Labute approximate surface area is 107 Å². The molecule has 1 aliphatic heterocycles. The lowest BCUT2D eigenvalue weighted by atomic mass is 10.0. The summed E-state index contributed by atoms with van der Waals surface area (Å²) >= 11 is 0. The number of carbonyl (C=O) groups excluding carboxylic acids is 2. The lowest BCUT2D eigenvalue weighted by molar-refractivity contribution is -0.126. The van der Waals surface area contributed by atoms with E-state index in [1.54, 1.807) is 4.90 Å². The van der Waals surface area contributed by atoms with Crippen LogP contribution in [0.2, 0.25) is 0 Å². The normalized spacial score (nSPS) is 17.9. The van der Waals surface area contributed by atoms with Crippen LogP contribution in [0.4, 0.5) is 5.69 Å². The standard InChI is InChI=1S/C14H18N2O2/c1-5-16-13-9(3)6-8(2)7-11(13)12(14(16)18)15-10(4)17/h6-7,12H,5H2,1-4H3,(H,15,17)/t12-/m1/s1. The second-order valence-corrected chi connectivity index (χ2v) is 4.74. The van der Waals surface area contributed by atoms with E-state index in [1.165, 1.54) is 6.92 Å². The van der Waals surface area contributed by atoms with Gasteiger partial charge in [0, 0.05) is 19.0 Å². The van der Waals surface area contributed by atoms with Crippen molar-refractivity contribution in [1.29, 1.82) is 0 Å². The summed E-state index contributed by atoms with van der Waals surface area (Å²) in [5.41, 5.74) is 4.04. The van der Waals surface area contributed by atoms with Gasteiger partial charge in [-0.05, 0) is 26.3 Å². The second-order valence-electron chi connectivity index (χ2n) is 4.74. The number of hydrogen-bond acceptors (Lipinski definition) is 2. The van der Waals surface area contributed by atoms with Crippen molar-refractivity contribution in [2.75, 3.05) is 11.4 Å². The van der Waals surface area contributed by atoms with Crippen molar-refractivity contribution < 1.29 is 9.59 Å². The number of amides is 2. The molecule has 2 rings (SSSR count). The van der Waals surface area contributed by atoms with E-state index in [2.05, 4.69) is 11.4 Å². The highest BCUT2D eigenvalue weighted by atomic mass is 16.2. The molecular weight excluding hydrogens is 228 g/mol. The second kappa shape index (κ2) is 4.44. The quantitative estimate of drug-likeness (QED) is 0.865. The van der Waals surface area contributed by atoms with Gasteiger partial charge in [-0.3, -0.25) is 9.59 Å². The number of hydrogen-bond donors (Lipinski definition) is 1. The maximum absolute atomic E-state index is 12.3. The molecule has 0 aliphatic carbocycles. The molecule has 1 aromatic rings. The van der Waals surface area contributed by atoms with Crippen LogP contribution in [0.25, 0.3) is 0 Å². The Kier molecular flexibility index (Phi) is 3.11. The molecule has 1 aliphatic rings. The summed E-state index contributed by atoms with van der Waals surface area (Å²) in [5.74, 6) is -0.229. The molecule has 2 amide bonds. The third-order valence-corrected chi connectivity index (χ3v) is 3.23. The minimum atomic E-state index is -0.531. The molecule has 0 aromatic heterocycles. The van der Waals surface area contributed by atoms with Gasteiger partial charge in [0.05, 0.1) is 5.69 Å². The van der Waals surface area contributed by atoms with E-state index in [1.807, 2.05) is 26.8 Å². The van der Waals surface area contributed by atoms with Crippen molar-refractivity contribution >= 4 is 17.5 Å². The Morgan fingerprint density at radius 3 is 2.61 bits per heavy atom. The molecule has 1 heterocycles. The molecule has 1 N–H and O–H groups in total. The first-order valence-corrected chi connectivity index (χ1v) is 6.15. The highest BCUT2D eigenvalue weighted by Crippen LogP contribution is 2.38. The lowest BCUT2D eigenvalue weighted by Crippen LogP contribution is -2.36. The molecule has 4 heteroatoms. The van der Waals surface area contributed by atoms with Crippen LogP contribution in [0.1, 0.15) is 36.6 Å². The molecule has 0 radical (unpaired) electrons. The maximum atomic E-state index is 12.3. The van der Waals surface area contributed by atoms with Gasteiger partial charge in [0.2, 0.25) is 5.91 Å². The van der Waals surface area contributed by atoms with Gasteiger partial charge in [-0.1, -0.05) is 17.7 Å². The predicted octanol–water partition coefficient (Wildman–Crippen LogP) is 1.85. The van der Waals surface area contributed by atoms with Gasteiger partial charge in [-0.25, -0.2) is 0 Å². The summed E-state index contributed by atoms with van der Waals surface area (Å²) in [7, 11) is 0. The van der Waals surface area contributed by atoms with Crippen molar-refractivity contribution in [3.8, 4) is 0 Å². The molecule has 0 saturated heterocycles. The Hall–Kier alpha value is -1.84. The SMILES string of the molecule is CCN1C(=O)[C@H](NC(C)=O)c2cc(C)cc(C)c21. The van der Waals surface area contributed by atoms with E-state index in [9.17, 15) is 9.59 Å². The predicted molar refractivity (Wildman–Crippen MR) is 70.5 cm³/mol. The van der Waals surface area contributed by atoms with Crippen LogP contribution in [0, 0.1) is 13.8 Å². The summed E-state index contributed by atoms with van der Waals surface area (Å²) < 4.78 is 0. The molecule has 0 spiro atoms. The number of likely N-dealkylation sites (N-methyl/N-ethyl adjacent to an activating group) is 1. The van der Waals surface area contributed by atoms with Gasteiger partial charge in [0.1, 0.15) is 6.04 Å². The van der Waals surface area contributed by atoms with Crippen LogP contribution in [-0.4, -0.2) is 18.4 Å². The third kappa shape index (κ3) is 1.88. The van der Waals surface area contributed by atoms with Gasteiger partial charge >= 0.3 is 0 Å². The minimum Gasteiger partial charge on any atom is -0.341 e. The largest absolute Gasteiger partial charge is 0.341 e. The van der Waals surface area contributed by atoms with E-state index in [0.29, 0.717) is 6.54 Å². The van der Waals surface area contributed by atoms with Gasteiger partial charge in [0.25, 0.3) is 5.91 Å². The van der Waals surface area contributed by atoms with Gasteiger partial charge in [-0.2, -0.15) is 0 Å². The zero-order valence-electron chi connectivity index (χ0n) is 11.2. The van der Waals surface area contributed by atoms with Crippen molar-refractivity contribution in [1.82, 2.24) is 5.32 Å². The van der Waals surface area contributed by atoms with E-state index >= 15 is 0 Å². The fraction of sp³-hybridized carbons (Fsp3) is 0.429. The summed E-state index contributed by atoms with van der Waals surface area (Å²) in [6, 6.07) is 3.51. The number of rotatable bonds is 2. The molecule has 18 heavy (non-hydrogen) atoms. The smallest absolute Gasteiger partial charge is 0.254 e. The zero-order chi connectivity index (χ0) is 13.4. The summed E-state index contributed by atoms with van der Waals surface area (Å²) in [5, 5.41) is 2.74. The monoisotopic (exact) mass is 246 g/mol. The fourth-order valence-corrected chi connectivity index (χ4v) is 2.64. The van der Waals surface area contributed by atoms with Crippen molar-refractivity contribution in [2.45, 2.75) is 33.7 Å². The molecule has 0 fully saturated rings. The van der Waals surface area contributed by atoms with Gasteiger partial charge in [-0.15, -0.1) is 0 Å². The van der Waals surface area contributed by atoms with E-state index in [-0.39, 0.29) is 11.8 Å². The number of nitrogens with one attached hydrogen (secondary N) is 1. The number of aryl methyl sites for hydroxylation is 2. The molecule has 0 saturated carbocycles. The van der Waals surface area contributed by atoms with Crippen molar-refractivity contribution in [3.63, 3.8) is 0 Å². The molecular formula is C14H18N2O2. The van der Waals surface area contributed by atoms with Crippen LogP contribution in [0.3, 0.4) is 0 Å². The summed E-state index contributed by atoms with van der Waals surface area (Å²) in [6.07, 6.45) is 0. The van der Waals surface area contributed by atoms with Crippen LogP contribution < -0.4 is 10.2 Å². The molecule has 0 bridgehead atoms. The first-order valence-electron chi connectivity index (χ1n) is 6.15. The number of anilines is 1. The molecule has 1 atom stereocenters. The van der Waals surface area contributed by atoms with E-state index < -0.39 is 6.04 Å². The highest BCUT2D eigenvalue weighted by Gasteiger charge is 2.38. The lowest BCUT2D eigenvalue weighted by Gasteiger charge is -2.17.